The smallest absolute Gasteiger partial charge is 0.337 e. The first-order valence-electron chi connectivity index (χ1n) is 5.84. The summed E-state index contributed by atoms with van der Waals surface area (Å²) in [6.45, 7) is 0.257. The van der Waals surface area contributed by atoms with Crippen LogP contribution in [-0.4, -0.2) is 23.2 Å². The molecule has 20 heavy (non-hydrogen) atoms. The Kier molecular flexibility index (Phi) is 4.05. The van der Waals surface area contributed by atoms with Crippen molar-refractivity contribution in [1.82, 2.24) is 4.98 Å². The number of benzene rings is 1. The summed E-state index contributed by atoms with van der Waals surface area (Å²) in [5, 5.41) is 9.05. The van der Waals surface area contributed by atoms with Crippen molar-refractivity contribution in [2.45, 2.75) is 6.61 Å². The third kappa shape index (κ3) is 2.97. The monoisotopic (exact) mass is 274 g/mol. The number of carboxylic acids is 1. The molecule has 6 heteroatoms. The van der Waals surface area contributed by atoms with Crippen LogP contribution in [0.2, 0.25) is 0 Å². The molecule has 0 saturated carbocycles. The highest BCUT2D eigenvalue weighted by molar-refractivity contribution is 5.94. The number of nitrogen functional groups attached to an aromatic ring is 1. The lowest BCUT2D eigenvalue weighted by molar-refractivity contribution is 0.0697. The molecule has 0 amide bonds. The molecule has 1 aromatic carbocycles. The van der Waals surface area contributed by atoms with Gasteiger partial charge in [0.1, 0.15) is 6.61 Å². The fraction of sp³-hybridized carbons (Fsp3) is 0.143. The molecule has 0 aliphatic rings. The van der Waals surface area contributed by atoms with Crippen LogP contribution in [0.1, 0.15) is 15.9 Å². The van der Waals surface area contributed by atoms with E-state index in [0.29, 0.717) is 11.5 Å². The van der Waals surface area contributed by atoms with Crippen molar-refractivity contribution >= 4 is 11.7 Å². The number of methoxy groups -OCH3 is 1. The molecule has 0 aliphatic carbocycles. The first-order chi connectivity index (χ1) is 9.61. The van der Waals surface area contributed by atoms with Gasteiger partial charge in [-0.1, -0.05) is 6.07 Å². The third-order valence-corrected chi connectivity index (χ3v) is 2.68. The van der Waals surface area contributed by atoms with E-state index in [1.54, 1.807) is 18.5 Å². The highest BCUT2D eigenvalue weighted by Gasteiger charge is 2.14. The van der Waals surface area contributed by atoms with E-state index in [4.69, 9.17) is 20.3 Å². The summed E-state index contributed by atoms with van der Waals surface area (Å²) < 4.78 is 10.7. The molecule has 0 atom stereocenters. The van der Waals surface area contributed by atoms with E-state index >= 15 is 0 Å². The van der Waals surface area contributed by atoms with Gasteiger partial charge in [-0.15, -0.1) is 0 Å². The Morgan fingerprint density at radius 3 is 2.80 bits per heavy atom. The minimum atomic E-state index is -1.11. The lowest BCUT2D eigenvalue weighted by Crippen LogP contribution is -2.05. The van der Waals surface area contributed by atoms with E-state index in [1.165, 1.54) is 19.2 Å². The average Bonchev–Trinajstić information content (AvgIpc) is 2.46. The number of nitrogens with zero attached hydrogens (tertiary/aromatic N) is 1. The zero-order valence-electron chi connectivity index (χ0n) is 10.9. The van der Waals surface area contributed by atoms with E-state index in [0.717, 1.165) is 5.56 Å². The summed E-state index contributed by atoms with van der Waals surface area (Å²) in [6.07, 6.45) is 3.33. The van der Waals surface area contributed by atoms with Crippen LogP contribution in [0.15, 0.2) is 36.7 Å². The van der Waals surface area contributed by atoms with E-state index in [9.17, 15) is 4.79 Å². The van der Waals surface area contributed by atoms with Crippen molar-refractivity contribution in [3.05, 3.63) is 47.8 Å². The number of ether oxygens (including phenoxy) is 2. The maximum absolute atomic E-state index is 11.1. The topological polar surface area (TPSA) is 94.7 Å². The number of hydrogen-bond donors (Lipinski definition) is 2. The maximum Gasteiger partial charge on any atom is 0.337 e. The lowest BCUT2D eigenvalue weighted by Gasteiger charge is -2.12. The fourth-order valence-electron chi connectivity index (χ4n) is 1.68. The van der Waals surface area contributed by atoms with Crippen molar-refractivity contribution in [3.63, 3.8) is 0 Å². The van der Waals surface area contributed by atoms with Crippen molar-refractivity contribution in [2.75, 3.05) is 12.8 Å². The average molecular weight is 274 g/mol. The van der Waals surface area contributed by atoms with Crippen molar-refractivity contribution in [2.24, 2.45) is 0 Å². The van der Waals surface area contributed by atoms with Gasteiger partial charge in [0.2, 0.25) is 0 Å². The summed E-state index contributed by atoms with van der Waals surface area (Å²) in [7, 11) is 1.46. The molecule has 6 nitrogen and oxygen atoms in total. The van der Waals surface area contributed by atoms with E-state index in [2.05, 4.69) is 4.98 Å². The van der Waals surface area contributed by atoms with Gasteiger partial charge in [0.25, 0.3) is 0 Å². The zero-order chi connectivity index (χ0) is 14.5. The molecule has 3 N–H and O–H groups in total. The Bertz CT molecular complexity index is 614. The molecule has 0 aliphatic heterocycles. The number of carbonyl (C=O) groups is 1. The van der Waals surface area contributed by atoms with Crippen LogP contribution in [0.5, 0.6) is 11.5 Å². The van der Waals surface area contributed by atoms with Crippen LogP contribution >= 0.6 is 0 Å². The number of aromatic nitrogens is 1. The quantitative estimate of drug-likeness (QED) is 0.809. The summed E-state index contributed by atoms with van der Waals surface area (Å²) in [5.41, 5.74) is 6.62. The van der Waals surface area contributed by atoms with Gasteiger partial charge in [0.15, 0.2) is 11.5 Å². The second-order valence-corrected chi connectivity index (χ2v) is 4.05. The van der Waals surface area contributed by atoms with Crippen LogP contribution in [0.3, 0.4) is 0 Å². The lowest BCUT2D eigenvalue weighted by atomic mass is 10.1. The Labute approximate surface area is 115 Å². The third-order valence-electron chi connectivity index (χ3n) is 2.68. The minimum Gasteiger partial charge on any atom is -0.493 e. The number of pyridine rings is 1. The van der Waals surface area contributed by atoms with Crippen LogP contribution < -0.4 is 15.2 Å². The Morgan fingerprint density at radius 2 is 2.20 bits per heavy atom. The normalized spacial score (nSPS) is 10.1. The predicted octanol–water partition coefficient (Wildman–Crippen LogP) is 1.95. The van der Waals surface area contributed by atoms with E-state index in [1.807, 2.05) is 6.07 Å². The number of aromatic carboxylic acids is 1. The van der Waals surface area contributed by atoms with Gasteiger partial charge >= 0.3 is 5.97 Å². The molecule has 1 heterocycles. The zero-order valence-corrected chi connectivity index (χ0v) is 10.9. The summed E-state index contributed by atoms with van der Waals surface area (Å²) in [6, 6.07) is 6.44. The number of hydrogen-bond acceptors (Lipinski definition) is 5. The number of carboxylic acid groups (broad SMARTS) is 1. The van der Waals surface area contributed by atoms with Gasteiger partial charge in [0, 0.05) is 30.1 Å². The van der Waals surface area contributed by atoms with Gasteiger partial charge in [-0.3, -0.25) is 4.98 Å². The van der Waals surface area contributed by atoms with Crippen molar-refractivity contribution < 1.29 is 19.4 Å². The molecule has 2 rings (SSSR count). The van der Waals surface area contributed by atoms with Gasteiger partial charge in [-0.05, 0) is 6.07 Å². The minimum absolute atomic E-state index is 0.0213. The summed E-state index contributed by atoms with van der Waals surface area (Å²) >= 11 is 0. The van der Waals surface area contributed by atoms with Gasteiger partial charge < -0.3 is 20.3 Å². The molecule has 104 valence electrons. The number of nitrogens with two attached hydrogens (primary N) is 1. The summed E-state index contributed by atoms with van der Waals surface area (Å²) in [4.78, 5) is 15.0. The highest BCUT2D eigenvalue weighted by atomic mass is 16.5. The van der Waals surface area contributed by atoms with Crippen molar-refractivity contribution in [3.8, 4) is 11.5 Å². The van der Waals surface area contributed by atoms with Gasteiger partial charge in [0.05, 0.1) is 18.4 Å². The SMILES string of the molecule is COc1cc(N)c(C(=O)O)cc1OCc1cccnc1. The molecular weight excluding hydrogens is 260 g/mol. The molecule has 1 aromatic heterocycles. The highest BCUT2D eigenvalue weighted by Crippen LogP contribution is 2.32. The number of rotatable bonds is 5. The largest absolute Gasteiger partial charge is 0.493 e. The maximum atomic E-state index is 11.1. The molecule has 0 unspecified atom stereocenters. The molecule has 0 radical (unpaired) electrons. The first kappa shape index (κ1) is 13.7. The number of anilines is 1. The van der Waals surface area contributed by atoms with Crippen LogP contribution in [0.25, 0.3) is 0 Å². The van der Waals surface area contributed by atoms with Crippen LogP contribution in [0, 0.1) is 0 Å². The van der Waals surface area contributed by atoms with Gasteiger partial charge in [-0.2, -0.15) is 0 Å². The molecule has 0 bridgehead atoms. The van der Waals surface area contributed by atoms with Crippen molar-refractivity contribution in [1.29, 1.82) is 0 Å². The van der Waals surface area contributed by atoms with E-state index < -0.39 is 5.97 Å². The second-order valence-electron chi connectivity index (χ2n) is 4.05. The molecule has 0 spiro atoms. The molecular formula is C14H14N2O4. The standard InChI is InChI=1S/C14H14N2O4/c1-19-12-6-11(15)10(14(17)18)5-13(12)20-8-9-3-2-4-16-7-9/h2-7H,8,15H2,1H3,(H,17,18). The van der Waals surface area contributed by atoms with Crippen LogP contribution in [0.4, 0.5) is 5.69 Å². The Balaban J connectivity index is 2.25. The molecule has 0 saturated heterocycles. The fourth-order valence-corrected chi connectivity index (χ4v) is 1.68. The molecule has 0 fully saturated rings. The first-order valence-corrected chi connectivity index (χ1v) is 5.84. The van der Waals surface area contributed by atoms with E-state index in [-0.39, 0.29) is 17.9 Å². The van der Waals surface area contributed by atoms with Crippen LogP contribution in [-0.2, 0) is 6.61 Å². The van der Waals surface area contributed by atoms with Gasteiger partial charge in [-0.25, -0.2) is 4.79 Å². The summed E-state index contributed by atoms with van der Waals surface area (Å²) in [5.74, 6) is -0.407. The Hall–Kier alpha value is -2.76. The predicted molar refractivity (Wildman–Crippen MR) is 72.9 cm³/mol. The Morgan fingerprint density at radius 1 is 1.40 bits per heavy atom. The second kappa shape index (κ2) is 5.92. The molecule has 2 aromatic rings.